The van der Waals surface area contributed by atoms with Crippen LogP contribution in [0, 0.1) is 18.8 Å². The number of aryl methyl sites for hydroxylation is 1. The zero-order valence-corrected chi connectivity index (χ0v) is 19.8. The van der Waals surface area contributed by atoms with Crippen molar-refractivity contribution < 1.29 is 14.3 Å². The largest absolute Gasteiger partial charge is 0.381 e. The van der Waals surface area contributed by atoms with Crippen molar-refractivity contribution in [2.75, 3.05) is 31.2 Å². The van der Waals surface area contributed by atoms with Crippen LogP contribution >= 0.6 is 0 Å². The summed E-state index contributed by atoms with van der Waals surface area (Å²) in [5, 5.41) is 6.08. The molecule has 1 aromatic carbocycles. The van der Waals surface area contributed by atoms with Gasteiger partial charge in [-0.05, 0) is 75.6 Å². The van der Waals surface area contributed by atoms with E-state index in [0.717, 1.165) is 67.8 Å². The molecule has 3 rings (SSSR count). The first-order chi connectivity index (χ1) is 14.8. The van der Waals surface area contributed by atoms with Crippen molar-refractivity contribution in [2.24, 2.45) is 11.8 Å². The van der Waals surface area contributed by atoms with Crippen molar-refractivity contribution >= 4 is 17.5 Å². The molecule has 3 unspecified atom stereocenters. The van der Waals surface area contributed by atoms with Crippen molar-refractivity contribution in [3.8, 4) is 0 Å². The molecule has 2 saturated heterocycles. The van der Waals surface area contributed by atoms with E-state index >= 15 is 0 Å². The van der Waals surface area contributed by atoms with Gasteiger partial charge in [0.05, 0.1) is 5.92 Å². The Morgan fingerprint density at radius 2 is 1.94 bits per heavy atom. The van der Waals surface area contributed by atoms with Crippen LogP contribution < -0.4 is 15.5 Å². The number of carbonyl (C=O) groups excluding carboxylic acids is 2. The maximum Gasteiger partial charge on any atom is 0.251 e. The van der Waals surface area contributed by atoms with Gasteiger partial charge in [-0.1, -0.05) is 13.8 Å². The third-order valence-corrected chi connectivity index (χ3v) is 6.99. The molecule has 172 valence electrons. The van der Waals surface area contributed by atoms with E-state index in [1.54, 1.807) is 0 Å². The number of hydrogen-bond donors (Lipinski definition) is 2. The number of amides is 2. The van der Waals surface area contributed by atoms with Gasteiger partial charge in [-0.2, -0.15) is 0 Å². The van der Waals surface area contributed by atoms with Crippen molar-refractivity contribution in [3.05, 3.63) is 28.8 Å². The van der Waals surface area contributed by atoms with E-state index in [-0.39, 0.29) is 29.7 Å². The average Bonchev–Trinajstić information content (AvgIpc) is 2.75. The Balaban J connectivity index is 1.80. The van der Waals surface area contributed by atoms with Crippen molar-refractivity contribution in [3.63, 3.8) is 0 Å². The Morgan fingerprint density at radius 1 is 1.23 bits per heavy atom. The van der Waals surface area contributed by atoms with Gasteiger partial charge in [0, 0.05) is 49.6 Å². The minimum atomic E-state index is -0.177. The van der Waals surface area contributed by atoms with E-state index in [0.29, 0.717) is 12.6 Å². The summed E-state index contributed by atoms with van der Waals surface area (Å²) in [6.45, 7) is 13.3. The van der Waals surface area contributed by atoms with E-state index in [9.17, 15) is 9.59 Å². The van der Waals surface area contributed by atoms with Crippen LogP contribution in [0.1, 0.15) is 68.4 Å². The zero-order chi connectivity index (χ0) is 22.5. The molecule has 31 heavy (non-hydrogen) atoms. The number of nitrogens with zero attached hydrogens (tertiary/aromatic N) is 1. The second-order valence-electron chi connectivity index (χ2n) is 9.21. The SMILES string of the molecule is CCc1cc(C(=O)NCC2C(=O)NC(C)CC2C)c(C)c(N(CC)C2CCOCC2)c1. The van der Waals surface area contributed by atoms with Gasteiger partial charge in [0.2, 0.25) is 5.91 Å². The molecule has 6 nitrogen and oxygen atoms in total. The van der Waals surface area contributed by atoms with Gasteiger partial charge >= 0.3 is 0 Å². The Hall–Kier alpha value is -2.08. The summed E-state index contributed by atoms with van der Waals surface area (Å²) in [5.74, 6) is 0.0362. The van der Waals surface area contributed by atoms with Gasteiger partial charge in [-0.15, -0.1) is 0 Å². The van der Waals surface area contributed by atoms with Gasteiger partial charge in [0.1, 0.15) is 0 Å². The first-order valence-electron chi connectivity index (χ1n) is 11.9. The number of anilines is 1. The summed E-state index contributed by atoms with van der Waals surface area (Å²) >= 11 is 0. The summed E-state index contributed by atoms with van der Waals surface area (Å²) in [6, 6.07) is 4.89. The lowest BCUT2D eigenvalue weighted by Gasteiger charge is -2.37. The lowest BCUT2D eigenvalue weighted by atomic mass is 9.84. The molecular weight excluding hydrogens is 390 g/mol. The van der Waals surface area contributed by atoms with E-state index in [1.807, 2.05) is 19.9 Å². The van der Waals surface area contributed by atoms with Crippen molar-refractivity contribution in [2.45, 2.75) is 72.4 Å². The van der Waals surface area contributed by atoms with E-state index in [2.05, 4.69) is 42.4 Å². The van der Waals surface area contributed by atoms with Crippen molar-refractivity contribution in [1.29, 1.82) is 0 Å². The van der Waals surface area contributed by atoms with Gasteiger partial charge in [0.15, 0.2) is 0 Å². The van der Waals surface area contributed by atoms with E-state index in [1.165, 1.54) is 0 Å². The van der Waals surface area contributed by atoms with Crippen LogP contribution in [0.15, 0.2) is 12.1 Å². The molecule has 3 atom stereocenters. The molecule has 0 bridgehead atoms. The lowest BCUT2D eigenvalue weighted by molar-refractivity contribution is -0.129. The molecule has 0 spiro atoms. The molecule has 2 N–H and O–H groups in total. The fraction of sp³-hybridized carbons (Fsp3) is 0.680. The summed E-state index contributed by atoms with van der Waals surface area (Å²) < 4.78 is 5.56. The topological polar surface area (TPSA) is 70.7 Å². The first kappa shape index (κ1) is 23.6. The average molecular weight is 430 g/mol. The normalized spacial score (nSPS) is 24.5. The molecule has 1 aromatic rings. The van der Waals surface area contributed by atoms with Crippen LogP contribution in [-0.2, 0) is 16.0 Å². The molecule has 0 saturated carbocycles. The highest BCUT2D eigenvalue weighted by molar-refractivity contribution is 5.97. The second kappa shape index (κ2) is 10.5. The van der Waals surface area contributed by atoms with Crippen molar-refractivity contribution in [1.82, 2.24) is 10.6 Å². The minimum Gasteiger partial charge on any atom is -0.381 e. The van der Waals surface area contributed by atoms with Crippen LogP contribution in [0.2, 0.25) is 0 Å². The first-order valence-corrected chi connectivity index (χ1v) is 11.9. The highest BCUT2D eigenvalue weighted by atomic mass is 16.5. The standard InChI is InChI=1S/C25H39N3O3/c1-6-19-13-21(24(29)26-15-22-16(3)12-17(4)27-25(22)30)18(5)23(14-19)28(7-2)20-8-10-31-11-9-20/h13-14,16-17,20,22H,6-12,15H2,1-5H3,(H,26,29)(H,27,30). The molecule has 0 radical (unpaired) electrons. The monoisotopic (exact) mass is 429 g/mol. The van der Waals surface area contributed by atoms with Crippen LogP contribution in [0.5, 0.6) is 0 Å². The third-order valence-electron chi connectivity index (χ3n) is 6.99. The lowest BCUT2D eigenvalue weighted by Crippen LogP contribution is -2.50. The Labute approximate surface area is 187 Å². The molecule has 6 heteroatoms. The molecule has 2 heterocycles. The number of nitrogens with one attached hydrogen (secondary N) is 2. The predicted molar refractivity (Wildman–Crippen MR) is 125 cm³/mol. The smallest absolute Gasteiger partial charge is 0.251 e. The summed E-state index contributed by atoms with van der Waals surface area (Å²) in [4.78, 5) is 28.1. The van der Waals surface area contributed by atoms with Gasteiger partial charge in [-0.25, -0.2) is 0 Å². The fourth-order valence-corrected chi connectivity index (χ4v) is 5.10. The number of hydrogen-bond acceptors (Lipinski definition) is 4. The predicted octanol–water partition coefficient (Wildman–Crippen LogP) is 3.45. The molecular formula is C25H39N3O3. The Morgan fingerprint density at radius 3 is 2.55 bits per heavy atom. The second-order valence-corrected chi connectivity index (χ2v) is 9.21. The quantitative estimate of drug-likeness (QED) is 0.696. The number of rotatable bonds is 7. The van der Waals surface area contributed by atoms with Gasteiger partial charge in [0.25, 0.3) is 5.91 Å². The fourth-order valence-electron chi connectivity index (χ4n) is 5.10. The maximum absolute atomic E-state index is 13.2. The summed E-state index contributed by atoms with van der Waals surface area (Å²) in [5.41, 5.74) is 4.04. The highest BCUT2D eigenvalue weighted by Crippen LogP contribution is 2.30. The third kappa shape index (κ3) is 5.40. The molecule has 0 aromatic heterocycles. The van der Waals surface area contributed by atoms with Crippen LogP contribution in [0.3, 0.4) is 0 Å². The van der Waals surface area contributed by atoms with E-state index < -0.39 is 0 Å². The van der Waals surface area contributed by atoms with Crippen LogP contribution in [0.4, 0.5) is 5.69 Å². The molecule has 2 aliphatic heterocycles. The molecule has 0 aliphatic carbocycles. The molecule has 2 aliphatic rings. The minimum absolute atomic E-state index is 0.0444. The summed E-state index contributed by atoms with van der Waals surface area (Å²) in [6.07, 6.45) is 3.84. The van der Waals surface area contributed by atoms with Crippen LogP contribution in [-0.4, -0.2) is 50.2 Å². The Bertz CT molecular complexity index is 788. The van der Waals surface area contributed by atoms with Gasteiger partial charge in [-0.3, -0.25) is 9.59 Å². The summed E-state index contributed by atoms with van der Waals surface area (Å²) in [7, 11) is 0. The Kier molecular flexibility index (Phi) is 7.98. The molecule has 2 fully saturated rings. The highest BCUT2D eigenvalue weighted by Gasteiger charge is 2.32. The molecule has 2 amide bonds. The van der Waals surface area contributed by atoms with Crippen LogP contribution in [0.25, 0.3) is 0 Å². The maximum atomic E-state index is 13.2. The number of carbonyl (C=O) groups is 2. The van der Waals surface area contributed by atoms with Gasteiger partial charge < -0.3 is 20.3 Å². The number of piperidine rings is 1. The zero-order valence-electron chi connectivity index (χ0n) is 19.8. The van der Waals surface area contributed by atoms with E-state index in [4.69, 9.17) is 4.74 Å². The number of benzene rings is 1. The number of ether oxygens (including phenoxy) is 1.